The lowest BCUT2D eigenvalue weighted by molar-refractivity contribution is -0.110. The molecule has 0 aromatic heterocycles. The Kier molecular flexibility index (Phi) is 3.18. The predicted octanol–water partition coefficient (Wildman–Crippen LogP) is 4.39. The first kappa shape index (κ1) is 13.1. The Labute approximate surface area is 124 Å². The van der Waals surface area contributed by atoms with E-state index >= 15 is 0 Å². The van der Waals surface area contributed by atoms with Crippen LogP contribution in [0.3, 0.4) is 0 Å². The third kappa shape index (κ3) is 2.16. The zero-order valence-corrected chi connectivity index (χ0v) is 12.3. The minimum absolute atomic E-state index is 0.162. The van der Waals surface area contributed by atoms with Gasteiger partial charge in [-0.2, -0.15) is 0 Å². The number of carbonyl (C=O) groups is 1. The van der Waals surface area contributed by atoms with Crippen molar-refractivity contribution >= 4 is 39.2 Å². The topological polar surface area (TPSA) is 29.1 Å². The highest BCUT2D eigenvalue weighted by molar-refractivity contribution is 9.10. The van der Waals surface area contributed by atoms with Crippen molar-refractivity contribution in [2.75, 3.05) is 5.32 Å². The lowest BCUT2D eigenvalue weighted by Gasteiger charge is -2.06. The summed E-state index contributed by atoms with van der Waals surface area (Å²) in [5.74, 6) is -0.477. The van der Waals surface area contributed by atoms with Crippen molar-refractivity contribution < 1.29 is 9.18 Å². The standard InChI is InChI=1S/C16H11BrFNO/c1-9-13(17)5-6-14-15(9)12(16(20)19-14)8-10-3-2-4-11(18)7-10/h2-8H,1H3,(H,19,20). The second kappa shape index (κ2) is 4.87. The number of amides is 1. The highest BCUT2D eigenvalue weighted by Gasteiger charge is 2.26. The van der Waals surface area contributed by atoms with Gasteiger partial charge in [-0.05, 0) is 48.4 Å². The van der Waals surface area contributed by atoms with Gasteiger partial charge in [-0.3, -0.25) is 4.79 Å². The van der Waals surface area contributed by atoms with Gasteiger partial charge in [-0.1, -0.05) is 28.1 Å². The molecule has 1 amide bonds. The number of benzene rings is 2. The van der Waals surface area contributed by atoms with Crippen LogP contribution in [0.4, 0.5) is 10.1 Å². The molecule has 20 heavy (non-hydrogen) atoms. The van der Waals surface area contributed by atoms with Crippen molar-refractivity contribution in [3.05, 3.63) is 63.4 Å². The molecule has 0 spiro atoms. The second-order valence-corrected chi connectivity index (χ2v) is 5.52. The first-order chi connectivity index (χ1) is 9.56. The summed E-state index contributed by atoms with van der Waals surface area (Å²) >= 11 is 3.47. The Morgan fingerprint density at radius 1 is 1.25 bits per heavy atom. The molecule has 0 fully saturated rings. The van der Waals surface area contributed by atoms with Gasteiger partial charge in [0.15, 0.2) is 0 Å². The van der Waals surface area contributed by atoms with Crippen molar-refractivity contribution in [2.24, 2.45) is 0 Å². The minimum Gasteiger partial charge on any atom is -0.321 e. The molecule has 0 unspecified atom stereocenters. The van der Waals surface area contributed by atoms with E-state index in [-0.39, 0.29) is 11.7 Å². The van der Waals surface area contributed by atoms with Gasteiger partial charge >= 0.3 is 0 Å². The van der Waals surface area contributed by atoms with Crippen LogP contribution in [0.5, 0.6) is 0 Å². The number of rotatable bonds is 1. The van der Waals surface area contributed by atoms with Crippen molar-refractivity contribution in [2.45, 2.75) is 6.92 Å². The van der Waals surface area contributed by atoms with E-state index in [1.165, 1.54) is 12.1 Å². The monoisotopic (exact) mass is 331 g/mol. The van der Waals surface area contributed by atoms with Gasteiger partial charge in [-0.15, -0.1) is 0 Å². The molecule has 2 nitrogen and oxygen atoms in total. The summed E-state index contributed by atoms with van der Waals surface area (Å²) in [6.45, 7) is 1.95. The molecule has 2 aromatic carbocycles. The SMILES string of the molecule is Cc1c(Br)ccc2c1C(=Cc1cccc(F)c1)C(=O)N2. The molecule has 0 aliphatic carbocycles. The van der Waals surface area contributed by atoms with E-state index in [9.17, 15) is 9.18 Å². The first-order valence-electron chi connectivity index (χ1n) is 6.14. The molecule has 0 saturated carbocycles. The molecule has 0 saturated heterocycles. The number of anilines is 1. The van der Waals surface area contributed by atoms with Crippen LogP contribution in [0.2, 0.25) is 0 Å². The molecule has 1 aliphatic rings. The molecule has 1 heterocycles. The van der Waals surface area contributed by atoms with Gasteiger partial charge in [0, 0.05) is 21.3 Å². The molecular weight excluding hydrogens is 321 g/mol. The van der Waals surface area contributed by atoms with Crippen LogP contribution in [0.25, 0.3) is 11.6 Å². The van der Waals surface area contributed by atoms with Crippen molar-refractivity contribution in [3.8, 4) is 0 Å². The molecule has 1 aliphatic heterocycles. The van der Waals surface area contributed by atoms with Gasteiger partial charge in [0.1, 0.15) is 5.82 Å². The van der Waals surface area contributed by atoms with Crippen LogP contribution in [0, 0.1) is 12.7 Å². The van der Waals surface area contributed by atoms with Crippen LogP contribution in [0.1, 0.15) is 16.7 Å². The molecule has 3 rings (SSSR count). The molecule has 100 valence electrons. The van der Waals surface area contributed by atoms with Gasteiger partial charge in [0.25, 0.3) is 5.91 Å². The molecule has 0 radical (unpaired) electrons. The summed E-state index contributed by atoms with van der Waals surface area (Å²) in [5.41, 5.74) is 3.88. The molecule has 4 heteroatoms. The summed E-state index contributed by atoms with van der Waals surface area (Å²) in [5, 5.41) is 2.83. The van der Waals surface area contributed by atoms with Gasteiger partial charge in [-0.25, -0.2) is 4.39 Å². The highest BCUT2D eigenvalue weighted by Crippen LogP contribution is 2.38. The van der Waals surface area contributed by atoms with E-state index in [1.54, 1.807) is 18.2 Å². The molecule has 2 aromatic rings. The average molecular weight is 332 g/mol. The molecule has 0 bridgehead atoms. The Balaban J connectivity index is 2.17. The highest BCUT2D eigenvalue weighted by atomic mass is 79.9. The van der Waals surface area contributed by atoms with Crippen LogP contribution < -0.4 is 5.32 Å². The van der Waals surface area contributed by atoms with Crippen LogP contribution in [-0.4, -0.2) is 5.91 Å². The summed E-state index contributed by atoms with van der Waals surface area (Å²) in [6.07, 6.45) is 1.71. The van der Waals surface area contributed by atoms with Crippen LogP contribution in [-0.2, 0) is 4.79 Å². The molecule has 1 N–H and O–H groups in total. The maximum atomic E-state index is 13.2. The largest absolute Gasteiger partial charge is 0.321 e. The minimum atomic E-state index is -0.316. The number of nitrogens with one attached hydrogen (secondary N) is 1. The second-order valence-electron chi connectivity index (χ2n) is 4.66. The van der Waals surface area contributed by atoms with E-state index in [2.05, 4.69) is 21.2 Å². The van der Waals surface area contributed by atoms with Crippen molar-refractivity contribution in [3.63, 3.8) is 0 Å². The third-order valence-electron chi connectivity index (χ3n) is 3.32. The maximum absolute atomic E-state index is 13.2. The van der Waals surface area contributed by atoms with Crippen LogP contribution >= 0.6 is 15.9 Å². The fourth-order valence-corrected chi connectivity index (χ4v) is 2.67. The lowest BCUT2D eigenvalue weighted by atomic mass is 9.99. The van der Waals surface area contributed by atoms with Crippen molar-refractivity contribution in [1.82, 2.24) is 0 Å². The Bertz CT molecular complexity index is 752. The van der Waals surface area contributed by atoms with E-state index < -0.39 is 0 Å². The van der Waals surface area contributed by atoms with Crippen LogP contribution in [0.15, 0.2) is 40.9 Å². The number of hydrogen-bond donors (Lipinski definition) is 1. The van der Waals surface area contributed by atoms with E-state index in [4.69, 9.17) is 0 Å². The van der Waals surface area contributed by atoms with Gasteiger partial charge in [0.2, 0.25) is 0 Å². The molecular formula is C16H11BrFNO. The Morgan fingerprint density at radius 2 is 2.05 bits per heavy atom. The number of fused-ring (bicyclic) bond motifs is 1. The summed E-state index contributed by atoms with van der Waals surface area (Å²) < 4.78 is 14.2. The normalized spacial score (nSPS) is 15.3. The maximum Gasteiger partial charge on any atom is 0.256 e. The van der Waals surface area contributed by atoms with E-state index in [0.29, 0.717) is 11.1 Å². The zero-order valence-electron chi connectivity index (χ0n) is 10.7. The van der Waals surface area contributed by atoms with E-state index in [0.717, 1.165) is 21.3 Å². The quantitative estimate of drug-likeness (QED) is 0.771. The predicted molar refractivity (Wildman–Crippen MR) is 81.8 cm³/mol. The molecule has 0 atom stereocenters. The number of halogens is 2. The Morgan fingerprint density at radius 3 is 2.80 bits per heavy atom. The summed E-state index contributed by atoms with van der Waals surface area (Å²) in [7, 11) is 0. The zero-order chi connectivity index (χ0) is 14.3. The number of carbonyl (C=O) groups excluding carboxylic acids is 1. The van der Waals surface area contributed by atoms with Crippen molar-refractivity contribution in [1.29, 1.82) is 0 Å². The number of hydrogen-bond acceptors (Lipinski definition) is 1. The van der Waals surface area contributed by atoms with Gasteiger partial charge in [0.05, 0.1) is 0 Å². The lowest BCUT2D eigenvalue weighted by Crippen LogP contribution is -2.03. The van der Waals surface area contributed by atoms with Gasteiger partial charge < -0.3 is 5.32 Å². The fraction of sp³-hybridized carbons (Fsp3) is 0.0625. The fourth-order valence-electron chi connectivity index (χ4n) is 2.34. The smallest absolute Gasteiger partial charge is 0.256 e. The third-order valence-corrected chi connectivity index (χ3v) is 4.18. The van der Waals surface area contributed by atoms with E-state index in [1.807, 2.05) is 19.1 Å². The summed E-state index contributed by atoms with van der Waals surface area (Å²) in [4.78, 5) is 12.1. The average Bonchev–Trinajstić information content (AvgIpc) is 2.72. The Hall–Kier alpha value is -1.94. The summed E-state index contributed by atoms with van der Waals surface area (Å²) in [6, 6.07) is 9.95. The first-order valence-corrected chi connectivity index (χ1v) is 6.93.